The van der Waals surface area contributed by atoms with E-state index in [0.29, 0.717) is 24.1 Å². The normalized spacial score (nSPS) is 18.2. The zero-order valence-electron chi connectivity index (χ0n) is 14.7. The van der Waals surface area contributed by atoms with E-state index < -0.39 is 6.10 Å². The molecular weight excluding hydrogens is 316 g/mol. The molecule has 1 atom stereocenters. The molecule has 0 saturated heterocycles. The van der Waals surface area contributed by atoms with Crippen LogP contribution in [0.25, 0.3) is 5.69 Å². The number of benzene rings is 1. The second kappa shape index (κ2) is 6.26. The summed E-state index contributed by atoms with van der Waals surface area (Å²) in [6.45, 7) is 2.40. The van der Waals surface area contributed by atoms with Crippen molar-refractivity contribution in [3.05, 3.63) is 41.2 Å². The van der Waals surface area contributed by atoms with Gasteiger partial charge in [-0.2, -0.15) is 0 Å². The molecule has 6 nitrogen and oxygen atoms in total. The minimum atomic E-state index is -0.439. The molecule has 1 amide bonds. The van der Waals surface area contributed by atoms with Crippen molar-refractivity contribution in [1.29, 1.82) is 0 Å². The summed E-state index contributed by atoms with van der Waals surface area (Å²) in [4.78, 5) is 14.5. The molecule has 0 aliphatic heterocycles. The number of aromatic nitrogens is 3. The first-order chi connectivity index (χ1) is 12.0. The molecule has 25 heavy (non-hydrogen) atoms. The maximum atomic E-state index is 12.9. The van der Waals surface area contributed by atoms with Crippen LogP contribution in [0.5, 0.6) is 0 Å². The van der Waals surface area contributed by atoms with Crippen LogP contribution in [0.1, 0.15) is 53.3 Å². The van der Waals surface area contributed by atoms with Crippen molar-refractivity contribution in [3.63, 3.8) is 0 Å². The van der Waals surface area contributed by atoms with Crippen LogP contribution in [-0.2, 0) is 0 Å². The van der Waals surface area contributed by atoms with Gasteiger partial charge in [-0.05, 0) is 50.7 Å². The fraction of sp³-hybridized carbons (Fsp3) is 0.526. The zero-order valence-corrected chi connectivity index (χ0v) is 14.7. The van der Waals surface area contributed by atoms with Crippen molar-refractivity contribution in [2.75, 3.05) is 13.6 Å². The highest BCUT2D eigenvalue weighted by molar-refractivity contribution is 5.93. The molecule has 1 aromatic heterocycles. The van der Waals surface area contributed by atoms with Crippen LogP contribution < -0.4 is 0 Å². The predicted octanol–water partition coefficient (Wildman–Crippen LogP) is 2.30. The topological polar surface area (TPSA) is 71.2 Å². The van der Waals surface area contributed by atoms with Crippen LogP contribution in [0.4, 0.5) is 0 Å². The van der Waals surface area contributed by atoms with Gasteiger partial charge in [0, 0.05) is 19.5 Å². The monoisotopic (exact) mass is 340 g/mol. The number of hydrogen-bond acceptors (Lipinski definition) is 4. The average Bonchev–Trinajstić information content (AvgIpc) is 3.52. The van der Waals surface area contributed by atoms with Crippen molar-refractivity contribution in [2.45, 2.75) is 44.6 Å². The van der Waals surface area contributed by atoms with Gasteiger partial charge in [-0.3, -0.25) is 4.79 Å². The number of likely N-dealkylation sites (N-methyl/N-ethyl adjacent to an activating group) is 1. The van der Waals surface area contributed by atoms with Gasteiger partial charge in [0.15, 0.2) is 5.69 Å². The molecule has 1 N–H and O–H groups in total. The highest BCUT2D eigenvalue weighted by Gasteiger charge is 2.36. The largest absolute Gasteiger partial charge is 0.391 e. The van der Waals surface area contributed by atoms with Gasteiger partial charge in [0.05, 0.1) is 17.5 Å². The van der Waals surface area contributed by atoms with E-state index in [1.54, 1.807) is 16.6 Å². The molecule has 2 aliphatic rings. The molecule has 1 heterocycles. The Balaban J connectivity index is 1.61. The summed E-state index contributed by atoms with van der Waals surface area (Å²) in [5, 5.41) is 18.6. The summed E-state index contributed by atoms with van der Waals surface area (Å²) in [6.07, 6.45) is 3.80. The van der Waals surface area contributed by atoms with E-state index in [4.69, 9.17) is 0 Å². The van der Waals surface area contributed by atoms with Crippen LogP contribution in [-0.4, -0.2) is 50.6 Å². The van der Waals surface area contributed by atoms with Crippen LogP contribution >= 0.6 is 0 Å². The Bertz CT molecular complexity index is 775. The quantitative estimate of drug-likeness (QED) is 0.876. The van der Waals surface area contributed by atoms with Gasteiger partial charge >= 0.3 is 0 Å². The Labute approximate surface area is 147 Å². The molecule has 6 heteroatoms. The Morgan fingerprint density at radius 2 is 1.96 bits per heavy atom. The molecule has 2 fully saturated rings. The van der Waals surface area contributed by atoms with Crippen LogP contribution in [0.15, 0.2) is 24.3 Å². The van der Waals surface area contributed by atoms with E-state index >= 15 is 0 Å². The van der Waals surface area contributed by atoms with Gasteiger partial charge in [-0.15, -0.1) is 5.10 Å². The summed E-state index contributed by atoms with van der Waals surface area (Å²) in [7, 11) is 1.73. The van der Waals surface area contributed by atoms with E-state index in [1.165, 1.54) is 5.56 Å². The van der Waals surface area contributed by atoms with Crippen LogP contribution in [0, 0.1) is 12.8 Å². The second-order valence-electron chi connectivity index (χ2n) is 7.44. The fourth-order valence-electron chi connectivity index (χ4n) is 3.22. The van der Waals surface area contributed by atoms with Gasteiger partial charge < -0.3 is 10.0 Å². The number of aliphatic hydroxyl groups excluding tert-OH is 1. The van der Waals surface area contributed by atoms with Gasteiger partial charge in [0.25, 0.3) is 5.91 Å². The van der Waals surface area contributed by atoms with E-state index in [9.17, 15) is 9.90 Å². The third kappa shape index (κ3) is 3.31. The van der Waals surface area contributed by atoms with Gasteiger partial charge in [0.2, 0.25) is 0 Å². The predicted molar refractivity (Wildman–Crippen MR) is 93.8 cm³/mol. The lowest BCUT2D eigenvalue weighted by Gasteiger charge is -2.20. The van der Waals surface area contributed by atoms with Crippen molar-refractivity contribution < 1.29 is 9.90 Å². The molecule has 2 aromatic rings. The molecule has 4 rings (SSSR count). The van der Waals surface area contributed by atoms with Gasteiger partial charge in [-0.1, -0.05) is 22.9 Å². The summed E-state index contributed by atoms with van der Waals surface area (Å²) in [5.74, 6) is 0.540. The van der Waals surface area contributed by atoms with Gasteiger partial charge in [0.1, 0.15) is 0 Å². The smallest absolute Gasteiger partial charge is 0.276 e. The number of nitrogens with zero attached hydrogens (tertiary/aromatic N) is 4. The molecule has 2 saturated carbocycles. The Kier molecular flexibility index (Phi) is 4.07. The van der Waals surface area contributed by atoms with Crippen LogP contribution in [0.3, 0.4) is 0 Å². The Hall–Kier alpha value is -2.21. The highest BCUT2D eigenvalue weighted by Crippen LogP contribution is 2.42. The lowest BCUT2D eigenvalue weighted by Crippen LogP contribution is -2.35. The first-order valence-electron chi connectivity index (χ1n) is 9.00. The number of hydrogen-bond donors (Lipinski definition) is 1. The number of carbonyl (C=O) groups is 1. The van der Waals surface area contributed by atoms with E-state index in [-0.39, 0.29) is 5.91 Å². The van der Waals surface area contributed by atoms with E-state index in [0.717, 1.165) is 37.1 Å². The molecule has 1 unspecified atom stereocenters. The number of rotatable bonds is 6. The maximum absolute atomic E-state index is 12.9. The summed E-state index contributed by atoms with van der Waals surface area (Å²) in [6, 6.07) is 8.08. The number of amides is 1. The van der Waals surface area contributed by atoms with E-state index in [2.05, 4.69) is 10.3 Å². The summed E-state index contributed by atoms with van der Waals surface area (Å²) < 4.78 is 1.80. The van der Waals surface area contributed by atoms with Crippen molar-refractivity contribution in [1.82, 2.24) is 19.9 Å². The minimum absolute atomic E-state index is 0.153. The fourth-order valence-corrected chi connectivity index (χ4v) is 3.22. The first kappa shape index (κ1) is 16.3. The molecule has 1 aromatic carbocycles. The third-order valence-electron chi connectivity index (χ3n) is 5.12. The number of aliphatic hydroxyl groups is 1. The number of aryl methyl sites for hydroxylation is 1. The van der Waals surface area contributed by atoms with Crippen molar-refractivity contribution >= 4 is 5.91 Å². The summed E-state index contributed by atoms with van der Waals surface area (Å²) >= 11 is 0. The maximum Gasteiger partial charge on any atom is 0.276 e. The number of carbonyl (C=O) groups excluding carboxylic acids is 1. The van der Waals surface area contributed by atoms with E-state index in [1.807, 2.05) is 31.2 Å². The molecule has 0 spiro atoms. The molecule has 2 aliphatic carbocycles. The SMILES string of the molecule is Cc1ccc(-n2nnc(C(=O)N(C)CC(O)C3CC3)c2C2CC2)cc1. The Morgan fingerprint density at radius 1 is 1.28 bits per heavy atom. The average molecular weight is 340 g/mol. The minimum Gasteiger partial charge on any atom is -0.391 e. The second-order valence-corrected chi connectivity index (χ2v) is 7.44. The zero-order chi connectivity index (χ0) is 17.6. The van der Waals surface area contributed by atoms with Crippen molar-refractivity contribution in [3.8, 4) is 5.69 Å². The first-order valence-corrected chi connectivity index (χ1v) is 9.00. The Morgan fingerprint density at radius 3 is 2.56 bits per heavy atom. The molecular formula is C19H24N4O2. The van der Waals surface area contributed by atoms with Crippen molar-refractivity contribution in [2.24, 2.45) is 5.92 Å². The lowest BCUT2D eigenvalue weighted by molar-refractivity contribution is 0.0639. The standard InChI is InChI=1S/C19H24N4O2/c1-12-3-9-15(10-4-12)23-18(14-7-8-14)17(20-21-23)19(25)22(2)11-16(24)13-5-6-13/h3-4,9-10,13-14,16,24H,5-8,11H2,1-2H3. The molecule has 0 bridgehead atoms. The lowest BCUT2D eigenvalue weighted by atomic mass is 10.1. The summed E-state index contributed by atoms with van der Waals surface area (Å²) in [5.41, 5.74) is 3.44. The third-order valence-corrected chi connectivity index (χ3v) is 5.12. The highest BCUT2D eigenvalue weighted by atomic mass is 16.3. The van der Waals surface area contributed by atoms with Gasteiger partial charge in [-0.25, -0.2) is 4.68 Å². The van der Waals surface area contributed by atoms with Crippen LogP contribution in [0.2, 0.25) is 0 Å². The molecule has 0 radical (unpaired) electrons. The molecule has 132 valence electrons.